The Bertz CT molecular complexity index is 603. The maximum Gasteiger partial charge on any atom is 0.0746 e. The zero-order valence-corrected chi connectivity index (χ0v) is 11.9. The minimum absolute atomic E-state index is 0.185. The van der Waals surface area contributed by atoms with Crippen molar-refractivity contribution in [2.45, 2.75) is 36.5 Å². The predicted molar refractivity (Wildman–Crippen MR) is 79.8 cm³/mol. The molecule has 2 aliphatic carbocycles. The number of benzene rings is 2. The van der Waals surface area contributed by atoms with Crippen LogP contribution in [-0.2, 0) is 23.1 Å². The van der Waals surface area contributed by atoms with Gasteiger partial charge in [-0.2, -0.15) is 0 Å². The Hall–Kier alpha value is -1.27. The lowest BCUT2D eigenvalue weighted by molar-refractivity contribution is 0.304. The average molecular weight is 269 g/mol. The highest BCUT2D eigenvalue weighted by atomic mass is 35.5. The van der Waals surface area contributed by atoms with Gasteiger partial charge in [0.25, 0.3) is 0 Å². The van der Waals surface area contributed by atoms with E-state index in [1.54, 1.807) is 0 Å². The first kappa shape index (κ1) is 11.5. The van der Waals surface area contributed by atoms with E-state index in [1.807, 2.05) is 0 Å². The zero-order chi connectivity index (χ0) is 13.1. The second-order valence-corrected chi connectivity index (χ2v) is 7.09. The van der Waals surface area contributed by atoms with E-state index in [1.165, 1.54) is 22.3 Å². The number of fused-ring (bicyclic) bond motifs is 6. The Labute approximate surface area is 119 Å². The van der Waals surface area contributed by atoms with E-state index in [-0.39, 0.29) is 10.3 Å². The van der Waals surface area contributed by atoms with Gasteiger partial charge in [-0.3, -0.25) is 0 Å². The lowest BCUT2D eigenvalue weighted by atomic mass is 9.58. The molecule has 0 amide bonds. The first-order valence-electron chi connectivity index (χ1n) is 6.97. The highest BCUT2D eigenvalue weighted by Gasteiger charge is 2.49. The van der Waals surface area contributed by atoms with Crippen LogP contribution in [0.1, 0.15) is 35.6 Å². The average Bonchev–Trinajstić information content (AvgIpc) is 2.38. The van der Waals surface area contributed by atoms with Crippen molar-refractivity contribution in [1.82, 2.24) is 0 Å². The molecule has 2 aromatic carbocycles. The van der Waals surface area contributed by atoms with Crippen LogP contribution >= 0.6 is 11.6 Å². The summed E-state index contributed by atoms with van der Waals surface area (Å²) in [6.45, 7) is 2.37. The van der Waals surface area contributed by atoms with E-state index in [4.69, 9.17) is 11.6 Å². The van der Waals surface area contributed by atoms with Gasteiger partial charge in [-0.1, -0.05) is 55.5 Å². The molecule has 0 spiro atoms. The van der Waals surface area contributed by atoms with Gasteiger partial charge in [-0.15, -0.1) is 11.6 Å². The van der Waals surface area contributed by atoms with Gasteiger partial charge in [-0.05, 0) is 46.9 Å². The van der Waals surface area contributed by atoms with Crippen molar-refractivity contribution < 1.29 is 0 Å². The second kappa shape index (κ2) is 3.64. The molecule has 0 aliphatic heterocycles. The lowest BCUT2D eigenvalue weighted by Gasteiger charge is -2.49. The monoisotopic (exact) mass is 268 g/mol. The lowest BCUT2D eigenvalue weighted by Crippen LogP contribution is -2.45. The second-order valence-electron chi connectivity index (χ2n) is 6.37. The number of rotatable bonds is 0. The van der Waals surface area contributed by atoms with Crippen LogP contribution in [0.2, 0.25) is 0 Å². The number of halogens is 1. The fraction of sp³-hybridized carbons (Fsp3) is 0.333. The molecular weight excluding hydrogens is 252 g/mol. The van der Waals surface area contributed by atoms with Crippen LogP contribution in [-0.4, -0.2) is 0 Å². The quantitative estimate of drug-likeness (QED) is 0.614. The maximum absolute atomic E-state index is 7.05. The summed E-state index contributed by atoms with van der Waals surface area (Å²) >= 11 is 7.05. The van der Waals surface area contributed by atoms with Gasteiger partial charge >= 0.3 is 0 Å². The Balaban J connectivity index is 1.98. The first-order chi connectivity index (χ1) is 9.11. The zero-order valence-electron chi connectivity index (χ0n) is 11.1. The maximum atomic E-state index is 7.05. The smallest absolute Gasteiger partial charge is 0.0746 e. The van der Waals surface area contributed by atoms with E-state index >= 15 is 0 Å². The Morgan fingerprint density at radius 3 is 2.16 bits per heavy atom. The molecule has 0 nitrogen and oxygen atoms in total. The molecule has 2 unspecified atom stereocenters. The van der Waals surface area contributed by atoms with Gasteiger partial charge in [0.2, 0.25) is 0 Å². The fourth-order valence-electron chi connectivity index (χ4n) is 4.22. The van der Waals surface area contributed by atoms with Crippen molar-refractivity contribution in [1.29, 1.82) is 0 Å². The molecular formula is C18H17Cl. The molecule has 2 bridgehead atoms. The van der Waals surface area contributed by atoms with Gasteiger partial charge < -0.3 is 0 Å². The van der Waals surface area contributed by atoms with E-state index < -0.39 is 0 Å². The van der Waals surface area contributed by atoms with E-state index in [9.17, 15) is 0 Å². The third-order valence-electron chi connectivity index (χ3n) is 4.89. The summed E-state index contributed by atoms with van der Waals surface area (Å²) in [6, 6.07) is 17.5. The first-order valence-corrected chi connectivity index (χ1v) is 7.34. The molecule has 19 heavy (non-hydrogen) atoms. The molecule has 4 rings (SSSR count). The largest absolute Gasteiger partial charge is 0.114 e. The normalized spacial score (nSPS) is 31.5. The van der Waals surface area contributed by atoms with Crippen molar-refractivity contribution in [3.8, 4) is 0 Å². The predicted octanol–water partition coefficient (Wildman–Crippen LogP) is 4.58. The van der Waals surface area contributed by atoms with Crippen LogP contribution in [0.15, 0.2) is 48.5 Å². The molecule has 96 valence electrons. The SMILES string of the molecule is CC12Cc3ccccc3C(Cl)(Cc3ccccc31)C2. The van der Waals surface area contributed by atoms with Crippen LogP contribution < -0.4 is 0 Å². The van der Waals surface area contributed by atoms with Gasteiger partial charge in [0.15, 0.2) is 0 Å². The fourth-order valence-corrected chi connectivity index (χ4v) is 4.84. The van der Waals surface area contributed by atoms with Crippen molar-refractivity contribution in [2.24, 2.45) is 0 Å². The Morgan fingerprint density at radius 1 is 0.842 bits per heavy atom. The summed E-state index contributed by atoms with van der Waals surface area (Å²) in [6.07, 6.45) is 3.11. The topological polar surface area (TPSA) is 0 Å². The summed E-state index contributed by atoms with van der Waals surface area (Å²) in [4.78, 5) is -0.210. The summed E-state index contributed by atoms with van der Waals surface area (Å²) in [5.74, 6) is 0. The van der Waals surface area contributed by atoms with Crippen LogP contribution in [0.5, 0.6) is 0 Å². The molecule has 0 heterocycles. The molecule has 0 N–H and O–H groups in total. The number of hydrogen-bond acceptors (Lipinski definition) is 0. The molecule has 2 atom stereocenters. The minimum atomic E-state index is -0.210. The Kier molecular flexibility index (Phi) is 2.21. The van der Waals surface area contributed by atoms with Crippen LogP contribution in [0.4, 0.5) is 0 Å². The van der Waals surface area contributed by atoms with Crippen molar-refractivity contribution >= 4 is 11.6 Å². The third-order valence-corrected chi connectivity index (χ3v) is 5.36. The molecule has 0 fully saturated rings. The highest BCUT2D eigenvalue weighted by molar-refractivity contribution is 6.24. The molecule has 0 saturated heterocycles. The van der Waals surface area contributed by atoms with Crippen molar-refractivity contribution in [2.75, 3.05) is 0 Å². The minimum Gasteiger partial charge on any atom is -0.114 e. The summed E-state index contributed by atoms with van der Waals surface area (Å²) in [7, 11) is 0. The van der Waals surface area contributed by atoms with Gasteiger partial charge in [0.05, 0.1) is 4.87 Å². The van der Waals surface area contributed by atoms with E-state index in [2.05, 4.69) is 55.5 Å². The molecule has 0 aromatic heterocycles. The van der Waals surface area contributed by atoms with Gasteiger partial charge in [0, 0.05) is 0 Å². The molecule has 2 aliphatic rings. The molecule has 1 heteroatoms. The number of hydrogen-bond donors (Lipinski definition) is 0. The molecule has 0 saturated carbocycles. The summed E-state index contributed by atoms with van der Waals surface area (Å²) in [5.41, 5.74) is 5.90. The van der Waals surface area contributed by atoms with Crippen LogP contribution in [0, 0.1) is 0 Å². The van der Waals surface area contributed by atoms with Gasteiger partial charge in [-0.25, -0.2) is 0 Å². The highest BCUT2D eigenvalue weighted by Crippen LogP contribution is 2.55. The van der Waals surface area contributed by atoms with Crippen molar-refractivity contribution in [3.63, 3.8) is 0 Å². The Morgan fingerprint density at radius 2 is 1.42 bits per heavy atom. The molecule has 0 radical (unpaired) electrons. The van der Waals surface area contributed by atoms with E-state index in [0.717, 1.165) is 19.3 Å². The third kappa shape index (κ3) is 1.53. The van der Waals surface area contributed by atoms with E-state index in [0.29, 0.717) is 0 Å². The number of alkyl halides is 1. The van der Waals surface area contributed by atoms with Crippen LogP contribution in [0.25, 0.3) is 0 Å². The standard InChI is InChI=1S/C18H17Cl/c1-17-10-13-6-3-5-9-16(13)18(19,12-17)11-14-7-2-4-8-15(14)17/h2-9H,10-12H2,1H3. The summed E-state index contributed by atoms with van der Waals surface area (Å²) < 4.78 is 0. The molecule has 2 aromatic rings. The summed E-state index contributed by atoms with van der Waals surface area (Å²) in [5, 5.41) is 0. The van der Waals surface area contributed by atoms with Gasteiger partial charge in [0.1, 0.15) is 0 Å². The van der Waals surface area contributed by atoms with Crippen molar-refractivity contribution in [3.05, 3.63) is 70.8 Å². The van der Waals surface area contributed by atoms with Crippen LogP contribution in [0.3, 0.4) is 0 Å².